The average Bonchev–Trinajstić information content (AvgIpc) is 2.29. The van der Waals surface area contributed by atoms with E-state index in [1.807, 2.05) is 18.7 Å². The summed E-state index contributed by atoms with van der Waals surface area (Å²) in [6, 6.07) is 1.71. The summed E-state index contributed by atoms with van der Waals surface area (Å²) in [6.45, 7) is 7.23. The summed E-state index contributed by atoms with van der Waals surface area (Å²) in [4.78, 5) is 1.82. The molecule has 0 radical (unpaired) electrons. The smallest absolute Gasteiger partial charge is 0.188 e. The monoisotopic (exact) mass is 242 g/mol. The Morgan fingerprint density at radius 3 is 2.25 bits per heavy atom. The Hall–Kier alpha value is -1.28. The summed E-state index contributed by atoms with van der Waals surface area (Å²) in [5, 5.41) is 8.73. The Bertz CT molecular complexity index is 398. The van der Waals surface area contributed by atoms with Gasteiger partial charge < -0.3 is 4.90 Å². The fourth-order valence-corrected chi connectivity index (χ4v) is 1.79. The SMILES string of the molecule is CCN(C=CC=C(C#N)S(=O)(=O)CC)CC. The zero-order valence-corrected chi connectivity index (χ0v) is 10.8. The molecular weight excluding hydrogens is 224 g/mol. The Labute approximate surface area is 97.8 Å². The molecule has 0 aliphatic rings. The highest BCUT2D eigenvalue weighted by molar-refractivity contribution is 7.95. The fourth-order valence-electron chi connectivity index (χ4n) is 1.05. The van der Waals surface area contributed by atoms with Gasteiger partial charge in [0.2, 0.25) is 0 Å². The lowest BCUT2D eigenvalue weighted by Crippen LogP contribution is -2.15. The van der Waals surface area contributed by atoms with Crippen molar-refractivity contribution >= 4 is 9.84 Å². The lowest BCUT2D eigenvalue weighted by molar-refractivity contribution is 0.419. The molecule has 0 aliphatic heterocycles. The van der Waals surface area contributed by atoms with Crippen molar-refractivity contribution in [1.29, 1.82) is 5.26 Å². The van der Waals surface area contributed by atoms with E-state index in [0.29, 0.717) is 0 Å². The molecule has 90 valence electrons. The van der Waals surface area contributed by atoms with E-state index >= 15 is 0 Å². The Morgan fingerprint density at radius 2 is 1.88 bits per heavy atom. The van der Waals surface area contributed by atoms with Gasteiger partial charge in [0, 0.05) is 13.1 Å². The van der Waals surface area contributed by atoms with Crippen molar-refractivity contribution < 1.29 is 8.42 Å². The number of hydrogen-bond acceptors (Lipinski definition) is 4. The third kappa shape index (κ3) is 4.49. The molecule has 0 rings (SSSR count). The normalized spacial score (nSPS) is 12.8. The van der Waals surface area contributed by atoms with Gasteiger partial charge in [0.1, 0.15) is 11.0 Å². The maximum Gasteiger partial charge on any atom is 0.188 e. The van der Waals surface area contributed by atoms with Crippen molar-refractivity contribution in [3.05, 3.63) is 23.3 Å². The fraction of sp³-hybridized carbons (Fsp3) is 0.545. The summed E-state index contributed by atoms with van der Waals surface area (Å²) in [7, 11) is -3.39. The maximum atomic E-state index is 11.4. The van der Waals surface area contributed by atoms with Gasteiger partial charge in [0.25, 0.3) is 0 Å². The van der Waals surface area contributed by atoms with Gasteiger partial charge in [-0.25, -0.2) is 8.42 Å². The van der Waals surface area contributed by atoms with Crippen LogP contribution in [0.1, 0.15) is 20.8 Å². The first-order valence-corrected chi connectivity index (χ1v) is 6.92. The van der Waals surface area contributed by atoms with Gasteiger partial charge in [-0.1, -0.05) is 6.92 Å². The van der Waals surface area contributed by atoms with Crippen molar-refractivity contribution in [3.63, 3.8) is 0 Å². The minimum atomic E-state index is -3.39. The molecule has 0 bridgehead atoms. The van der Waals surface area contributed by atoms with E-state index in [1.54, 1.807) is 18.3 Å². The first-order valence-electron chi connectivity index (χ1n) is 5.27. The summed E-state index contributed by atoms with van der Waals surface area (Å²) >= 11 is 0. The summed E-state index contributed by atoms with van der Waals surface area (Å²) in [6.07, 6.45) is 4.72. The van der Waals surface area contributed by atoms with Crippen LogP contribution in [0.4, 0.5) is 0 Å². The number of sulfone groups is 1. The largest absolute Gasteiger partial charge is 0.378 e. The van der Waals surface area contributed by atoms with Crippen LogP contribution in [-0.4, -0.2) is 32.2 Å². The molecule has 0 aromatic carbocycles. The van der Waals surface area contributed by atoms with Crippen molar-refractivity contribution in [2.45, 2.75) is 20.8 Å². The van der Waals surface area contributed by atoms with Gasteiger partial charge >= 0.3 is 0 Å². The molecule has 0 atom stereocenters. The van der Waals surface area contributed by atoms with Crippen LogP contribution in [0, 0.1) is 11.3 Å². The van der Waals surface area contributed by atoms with Crippen molar-refractivity contribution in [3.8, 4) is 6.07 Å². The molecular formula is C11H18N2O2S. The minimum absolute atomic E-state index is 0.0501. The lowest BCUT2D eigenvalue weighted by Gasteiger charge is -2.13. The van der Waals surface area contributed by atoms with Crippen LogP contribution in [0.2, 0.25) is 0 Å². The van der Waals surface area contributed by atoms with Gasteiger partial charge in [-0.3, -0.25) is 0 Å². The first-order chi connectivity index (χ1) is 7.51. The number of nitrogens with zero attached hydrogens (tertiary/aromatic N) is 2. The molecule has 5 heteroatoms. The van der Waals surface area contributed by atoms with Gasteiger partial charge in [0.15, 0.2) is 9.84 Å². The van der Waals surface area contributed by atoms with E-state index in [0.717, 1.165) is 13.1 Å². The molecule has 0 aromatic heterocycles. The first kappa shape index (κ1) is 14.7. The van der Waals surface area contributed by atoms with Crippen LogP contribution < -0.4 is 0 Å². The number of rotatable bonds is 6. The number of hydrogen-bond donors (Lipinski definition) is 0. The van der Waals surface area contributed by atoms with E-state index in [9.17, 15) is 8.42 Å². The van der Waals surface area contributed by atoms with E-state index in [-0.39, 0.29) is 10.7 Å². The quantitative estimate of drug-likeness (QED) is 0.525. The molecule has 0 spiro atoms. The topological polar surface area (TPSA) is 61.2 Å². The summed E-state index contributed by atoms with van der Waals surface area (Å²) < 4.78 is 22.8. The molecule has 0 fully saturated rings. The molecule has 0 N–H and O–H groups in total. The molecule has 0 unspecified atom stereocenters. The van der Waals surface area contributed by atoms with Gasteiger partial charge in [-0.2, -0.15) is 5.26 Å². The third-order valence-corrected chi connectivity index (χ3v) is 3.84. The second-order valence-corrected chi connectivity index (χ2v) is 5.36. The molecule has 4 nitrogen and oxygen atoms in total. The predicted molar refractivity (Wildman–Crippen MR) is 65.2 cm³/mol. The summed E-state index contributed by atoms with van der Waals surface area (Å²) in [5.74, 6) is -0.0501. The van der Waals surface area contributed by atoms with Crippen molar-refractivity contribution in [2.24, 2.45) is 0 Å². The standard InChI is InChI=1S/C11H18N2O2S/c1-4-13(5-2)9-7-8-11(10-12)16(14,15)6-3/h7-9H,4-6H2,1-3H3. The van der Waals surface area contributed by atoms with Crippen LogP contribution in [0.5, 0.6) is 0 Å². The average molecular weight is 242 g/mol. The second-order valence-electron chi connectivity index (χ2n) is 3.11. The van der Waals surface area contributed by atoms with Gasteiger partial charge in [-0.15, -0.1) is 0 Å². The van der Waals surface area contributed by atoms with E-state index in [4.69, 9.17) is 5.26 Å². The lowest BCUT2D eigenvalue weighted by atomic mass is 10.4. The molecule has 0 heterocycles. The van der Waals surface area contributed by atoms with E-state index in [2.05, 4.69) is 0 Å². The molecule has 0 aliphatic carbocycles. The van der Waals surface area contributed by atoms with Crippen LogP contribution >= 0.6 is 0 Å². The van der Waals surface area contributed by atoms with E-state index in [1.165, 1.54) is 13.0 Å². The van der Waals surface area contributed by atoms with Crippen LogP contribution in [0.15, 0.2) is 23.3 Å². The Balaban J connectivity index is 4.83. The number of allylic oxidation sites excluding steroid dienone is 3. The molecule has 0 amide bonds. The highest BCUT2D eigenvalue weighted by Gasteiger charge is 2.13. The van der Waals surface area contributed by atoms with Crippen LogP contribution in [-0.2, 0) is 9.84 Å². The van der Waals surface area contributed by atoms with Crippen molar-refractivity contribution in [1.82, 2.24) is 4.90 Å². The summed E-state index contributed by atoms with van der Waals surface area (Å²) in [5.41, 5.74) is 0. The predicted octanol–water partition coefficient (Wildman–Crippen LogP) is 1.68. The van der Waals surface area contributed by atoms with Crippen LogP contribution in [0.25, 0.3) is 0 Å². The van der Waals surface area contributed by atoms with Gasteiger partial charge in [-0.05, 0) is 32.2 Å². The highest BCUT2D eigenvalue weighted by Crippen LogP contribution is 2.06. The Morgan fingerprint density at radius 1 is 1.31 bits per heavy atom. The minimum Gasteiger partial charge on any atom is -0.378 e. The maximum absolute atomic E-state index is 11.4. The van der Waals surface area contributed by atoms with E-state index < -0.39 is 9.84 Å². The Kier molecular flexibility index (Phi) is 6.50. The highest BCUT2D eigenvalue weighted by atomic mass is 32.2. The van der Waals surface area contributed by atoms with Crippen LogP contribution in [0.3, 0.4) is 0 Å². The molecule has 16 heavy (non-hydrogen) atoms. The van der Waals surface area contributed by atoms with Crippen molar-refractivity contribution in [2.75, 3.05) is 18.8 Å². The van der Waals surface area contributed by atoms with Gasteiger partial charge in [0.05, 0.1) is 5.75 Å². The second kappa shape index (κ2) is 7.07. The molecule has 0 aromatic rings. The zero-order valence-electron chi connectivity index (χ0n) is 9.97. The molecule has 0 saturated heterocycles. The molecule has 0 saturated carbocycles. The number of nitriles is 1. The zero-order chi connectivity index (χ0) is 12.6. The third-order valence-electron chi connectivity index (χ3n) is 2.18.